The van der Waals surface area contributed by atoms with Gasteiger partial charge in [0.15, 0.2) is 5.65 Å². The number of nitrogens with one attached hydrogen (secondary N) is 1. The number of rotatable bonds is 5. The smallest absolute Gasteiger partial charge is 0.331 e. The Kier molecular flexibility index (Phi) is 5.58. The van der Waals surface area contributed by atoms with E-state index in [1.54, 1.807) is 13.1 Å². The minimum atomic E-state index is -2.76. The Labute approximate surface area is 170 Å². The number of fused-ring (bicyclic) bond motifs is 1. The molecule has 2 atom stereocenters. The Bertz CT molecular complexity index is 959. The molecule has 1 saturated heterocycles. The molecule has 3 amide bonds. The molecule has 0 saturated carbocycles. The van der Waals surface area contributed by atoms with Gasteiger partial charge >= 0.3 is 6.03 Å². The number of anilines is 1. The van der Waals surface area contributed by atoms with Crippen LogP contribution in [0.5, 0.6) is 0 Å². The van der Waals surface area contributed by atoms with E-state index < -0.39 is 40.5 Å². The summed E-state index contributed by atoms with van der Waals surface area (Å²) in [6.07, 6.45) is 0.0208. The number of hydrogen-bond donors (Lipinski definition) is 1. The van der Waals surface area contributed by atoms with Crippen molar-refractivity contribution >= 4 is 34.6 Å². The third kappa shape index (κ3) is 4.07. The number of nitrogens with zero attached hydrogens (tertiary/aromatic N) is 4. The lowest BCUT2D eigenvalue weighted by Crippen LogP contribution is -2.40. The Balaban J connectivity index is 2.05. The van der Waals surface area contributed by atoms with Crippen molar-refractivity contribution in [1.29, 1.82) is 0 Å². The van der Waals surface area contributed by atoms with Gasteiger partial charge in [0, 0.05) is 36.4 Å². The number of carbonyl (C=O) groups excluding carboxylic acids is 2. The average molecular weight is 427 g/mol. The van der Waals surface area contributed by atoms with Crippen molar-refractivity contribution in [3.8, 4) is 0 Å². The summed E-state index contributed by atoms with van der Waals surface area (Å²) >= 11 is -1.36. The van der Waals surface area contributed by atoms with Crippen molar-refractivity contribution in [1.82, 2.24) is 19.0 Å². The average Bonchev–Trinajstić information content (AvgIpc) is 3.17. The first-order chi connectivity index (χ1) is 13.4. The second kappa shape index (κ2) is 7.54. The highest BCUT2D eigenvalue weighted by molar-refractivity contribution is 7.90. The van der Waals surface area contributed by atoms with Crippen LogP contribution in [0, 0.1) is 0 Å². The van der Waals surface area contributed by atoms with E-state index in [1.165, 1.54) is 23.7 Å². The fourth-order valence-corrected chi connectivity index (χ4v) is 3.63. The first kappa shape index (κ1) is 21.5. The number of amides is 3. The zero-order valence-electron chi connectivity index (χ0n) is 16.8. The molecule has 1 fully saturated rings. The van der Waals surface area contributed by atoms with Crippen molar-refractivity contribution in [2.24, 2.45) is 0 Å². The van der Waals surface area contributed by atoms with E-state index in [4.69, 9.17) is 0 Å². The summed E-state index contributed by atoms with van der Waals surface area (Å²) in [6.45, 7) is 6.99. The highest BCUT2D eigenvalue weighted by Gasteiger charge is 2.36. The van der Waals surface area contributed by atoms with Gasteiger partial charge in [-0.15, -0.1) is 4.72 Å². The predicted molar refractivity (Wildman–Crippen MR) is 105 cm³/mol. The number of hydrogen-bond acceptors (Lipinski definition) is 5. The first-order valence-electron chi connectivity index (χ1n) is 8.97. The maximum atomic E-state index is 13.4. The third-order valence-electron chi connectivity index (χ3n) is 4.58. The second-order valence-electron chi connectivity index (χ2n) is 7.90. The van der Waals surface area contributed by atoms with Crippen molar-refractivity contribution < 1.29 is 22.9 Å². The molecule has 29 heavy (non-hydrogen) atoms. The minimum absolute atomic E-state index is 0.126. The zero-order chi connectivity index (χ0) is 21.7. The number of alkyl halides is 2. The summed E-state index contributed by atoms with van der Waals surface area (Å²) in [6, 6.07) is 0.135. The van der Waals surface area contributed by atoms with Crippen LogP contribution in [-0.4, -0.2) is 49.1 Å². The van der Waals surface area contributed by atoms with Gasteiger partial charge in [-0.2, -0.15) is 0 Å². The fourth-order valence-electron chi connectivity index (χ4n) is 2.83. The first-order valence-corrected chi connectivity index (χ1v) is 10.1. The van der Waals surface area contributed by atoms with E-state index in [0.29, 0.717) is 5.69 Å². The molecule has 0 bridgehead atoms. The molecule has 11 heteroatoms. The van der Waals surface area contributed by atoms with E-state index in [0.717, 1.165) is 9.80 Å². The molecule has 0 spiro atoms. The second-order valence-corrected chi connectivity index (χ2v) is 9.90. The lowest BCUT2D eigenvalue weighted by atomic mass is 10.2. The summed E-state index contributed by atoms with van der Waals surface area (Å²) in [5.74, 6) is -0.432. The number of likely N-dealkylation sites (N-methyl/N-ethyl adjacent to an activating group) is 1. The normalized spacial score (nSPS) is 17.7. The van der Waals surface area contributed by atoms with Gasteiger partial charge in [-0.25, -0.2) is 18.6 Å². The van der Waals surface area contributed by atoms with Gasteiger partial charge in [0.05, 0.1) is 17.4 Å². The summed E-state index contributed by atoms with van der Waals surface area (Å²) < 4.78 is 43.1. The highest BCUT2D eigenvalue weighted by atomic mass is 32.2. The molecule has 0 aliphatic carbocycles. The molecular formula is C18H23F2N5O3S. The van der Waals surface area contributed by atoms with E-state index in [9.17, 15) is 22.9 Å². The topological polar surface area (TPSA) is 93.0 Å². The molecule has 158 valence electrons. The minimum Gasteiger partial charge on any atom is -0.598 e. The zero-order valence-corrected chi connectivity index (χ0v) is 17.6. The van der Waals surface area contributed by atoms with Gasteiger partial charge in [-0.05, 0) is 33.8 Å². The maximum absolute atomic E-state index is 13.4. The Morgan fingerprint density at radius 3 is 2.45 bits per heavy atom. The molecule has 1 N–H and O–H groups in total. The number of pyridine rings is 1. The molecule has 1 aliphatic rings. The summed E-state index contributed by atoms with van der Waals surface area (Å²) in [7, 11) is 1.34. The Morgan fingerprint density at radius 1 is 1.28 bits per heavy atom. The van der Waals surface area contributed by atoms with E-state index in [1.807, 2.05) is 20.8 Å². The van der Waals surface area contributed by atoms with Crippen molar-refractivity contribution in [2.45, 2.75) is 44.9 Å². The molecule has 0 unspecified atom stereocenters. The van der Waals surface area contributed by atoms with Crippen LogP contribution in [0.15, 0.2) is 18.5 Å². The van der Waals surface area contributed by atoms with Gasteiger partial charge in [0.1, 0.15) is 11.3 Å². The number of halogens is 2. The van der Waals surface area contributed by atoms with Gasteiger partial charge < -0.3 is 8.95 Å². The molecule has 3 heterocycles. The van der Waals surface area contributed by atoms with Crippen LogP contribution in [0.4, 0.5) is 19.3 Å². The number of urea groups is 1. The van der Waals surface area contributed by atoms with E-state index in [-0.39, 0.29) is 23.4 Å². The summed E-state index contributed by atoms with van der Waals surface area (Å²) in [4.78, 5) is 30.8. The van der Waals surface area contributed by atoms with Crippen LogP contribution in [0.3, 0.4) is 0 Å². The standard InChI is InChI=1S/C18H23F2N5O3S/c1-10(22-29(28)18(2,3)4)12-8-24-7-11(15(19)20)6-13(16(24)21-12)25-9-14(26)23(5)17(25)27/h6-8,10,15,22H,9H2,1-5H3/t10-,29-/m1/s1. The maximum Gasteiger partial charge on any atom is 0.331 e. The van der Waals surface area contributed by atoms with Crippen molar-refractivity contribution in [3.05, 3.63) is 29.7 Å². The number of imidazole rings is 1. The lowest BCUT2D eigenvalue weighted by Gasteiger charge is -2.25. The molecule has 8 nitrogen and oxygen atoms in total. The van der Waals surface area contributed by atoms with Crippen LogP contribution in [0.2, 0.25) is 0 Å². The monoisotopic (exact) mass is 427 g/mol. The highest BCUT2D eigenvalue weighted by Crippen LogP contribution is 2.31. The molecule has 2 aromatic rings. The molecule has 3 rings (SSSR count). The van der Waals surface area contributed by atoms with Gasteiger partial charge in [0.25, 0.3) is 6.43 Å². The summed E-state index contributed by atoms with van der Waals surface area (Å²) in [5, 5.41) is 0. The third-order valence-corrected chi connectivity index (χ3v) is 6.26. The van der Waals surface area contributed by atoms with Gasteiger partial charge in [-0.1, -0.05) is 0 Å². The van der Waals surface area contributed by atoms with Crippen LogP contribution >= 0.6 is 0 Å². The molecule has 2 aromatic heterocycles. The largest absolute Gasteiger partial charge is 0.598 e. The molecule has 0 radical (unpaired) electrons. The number of imide groups is 1. The van der Waals surface area contributed by atoms with E-state index >= 15 is 0 Å². The number of carbonyl (C=O) groups is 2. The van der Waals surface area contributed by atoms with Crippen molar-refractivity contribution in [3.63, 3.8) is 0 Å². The van der Waals surface area contributed by atoms with Crippen molar-refractivity contribution in [2.75, 3.05) is 18.5 Å². The summed E-state index contributed by atoms with van der Waals surface area (Å²) in [5.41, 5.74) is 0.559. The molecule has 0 aromatic carbocycles. The van der Waals surface area contributed by atoms with Crippen LogP contribution < -0.4 is 9.62 Å². The van der Waals surface area contributed by atoms with E-state index in [2.05, 4.69) is 9.71 Å². The Morgan fingerprint density at radius 2 is 1.93 bits per heavy atom. The van der Waals surface area contributed by atoms with Crippen LogP contribution in [0.1, 0.15) is 51.4 Å². The predicted octanol–water partition coefficient (Wildman–Crippen LogP) is 2.78. The Hall–Kier alpha value is -2.24. The van der Waals surface area contributed by atoms with Gasteiger partial charge in [-0.3, -0.25) is 14.6 Å². The molecule has 1 aliphatic heterocycles. The van der Waals surface area contributed by atoms with Crippen LogP contribution in [-0.2, 0) is 16.2 Å². The van der Waals surface area contributed by atoms with Gasteiger partial charge in [0.2, 0.25) is 5.91 Å². The SMILES string of the molecule is C[C@@H](N[S@+]([O-])C(C)(C)C)c1cn2cc(C(F)F)cc(N3CC(=O)N(C)C3=O)c2n1. The molecular weight excluding hydrogens is 404 g/mol. The van der Waals surface area contributed by atoms with Crippen LogP contribution in [0.25, 0.3) is 5.65 Å². The quantitative estimate of drug-likeness (QED) is 0.585. The fraction of sp³-hybridized carbons (Fsp3) is 0.500. The lowest BCUT2D eigenvalue weighted by molar-refractivity contribution is -0.123. The number of aromatic nitrogens is 2.